The number of anilines is 2. The number of hydrogen-bond acceptors (Lipinski definition) is 6. The lowest BCUT2D eigenvalue weighted by Crippen LogP contribution is -2.33. The molecule has 9 heteroatoms. The zero-order valence-corrected chi connectivity index (χ0v) is 11.6. The lowest BCUT2D eigenvalue weighted by molar-refractivity contribution is -0.139. The summed E-state index contributed by atoms with van der Waals surface area (Å²) in [5.41, 5.74) is 5.18. The Hall–Kier alpha value is -2.29. The number of benzene rings is 1. The number of carbonyl (C=O) groups is 2. The number of nitrogens with one attached hydrogen (secondary N) is 1. The van der Waals surface area contributed by atoms with E-state index in [2.05, 4.69) is 4.74 Å². The Bertz CT molecular complexity index is 640. The van der Waals surface area contributed by atoms with E-state index in [9.17, 15) is 18.0 Å². The summed E-state index contributed by atoms with van der Waals surface area (Å²) in [6, 6.07) is 3.65. The molecule has 1 atom stereocenters. The average molecular weight is 302 g/mol. The molecule has 0 radical (unpaired) electrons. The van der Waals surface area contributed by atoms with E-state index in [1.165, 1.54) is 12.1 Å². The molecule has 4 N–H and O–H groups in total. The van der Waals surface area contributed by atoms with Crippen LogP contribution >= 0.6 is 0 Å². The van der Waals surface area contributed by atoms with E-state index in [1.54, 1.807) is 0 Å². The van der Waals surface area contributed by atoms with Gasteiger partial charge in [-0.15, -0.1) is 0 Å². The topological polar surface area (TPSA) is 136 Å². The third-order valence-corrected chi connectivity index (χ3v) is 4.15. The summed E-state index contributed by atoms with van der Waals surface area (Å²) >= 11 is 0. The standard InChI is InChI=1S/C11H14N2O6S/c1-6(11(16)19-2)20(17,18)13-9-5-7(12)3-4-8(9)10(14)15/h3-6,13H,12H2,1-2H3,(H,14,15). The minimum Gasteiger partial charge on any atom is -0.478 e. The Morgan fingerprint density at radius 2 is 2.00 bits per heavy atom. The maximum atomic E-state index is 11.9. The zero-order chi connectivity index (χ0) is 15.5. The van der Waals surface area contributed by atoms with Crippen molar-refractivity contribution in [1.82, 2.24) is 0 Å². The Kier molecular flexibility index (Phi) is 4.56. The molecule has 0 saturated heterocycles. The van der Waals surface area contributed by atoms with Gasteiger partial charge in [0.15, 0.2) is 5.25 Å². The van der Waals surface area contributed by atoms with Gasteiger partial charge in [-0.2, -0.15) is 0 Å². The minimum atomic E-state index is -4.14. The van der Waals surface area contributed by atoms with Crippen molar-refractivity contribution in [3.63, 3.8) is 0 Å². The highest BCUT2D eigenvalue weighted by atomic mass is 32.2. The highest BCUT2D eigenvalue weighted by Gasteiger charge is 2.30. The lowest BCUT2D eigenvalue weighted by Gasteiger charge is -2.14. The Morgan fingerprint density at radius 1 is 1.40 bits per heavy atom. The van der Waals surface area contributed by atoms with E-state index in [0.29, 0.717) is 0 Å². The lowest BCUT2D eigenvalue weighted by atomic mass is 10.1. The molecular weight excluding hydrogens is 288 g/mol. The molecule has 0 saturated carbocycles. The summed E-state index contributed by atoms with van der Waals surface area (Å²) in [5.74, 6) is -2.29. The maximum Gasteiger partial charge on any atom is 0.337 e. The summed E-state index contributed by atoms with van der Waals surface area (Å²) in [6.07, 6.45) is 0. The second-order valence-corrected chi connectivity index (χ2v) is 5.92. The number of nitrogen functional groups attached to an aromatic ring is 1. The molecule has 1 aromatic rings. The van der Waals surface area contributed by atoms with Gasteiger partial charge in [0.25, 0.3) is 0 Å². The van der Waals surface area contributed by atoms with Crippen LogP contribution in [0, 0.1) is 0 Å². The van der Waals surface area contributed by atoms with Crippen LogP contribution in [0.2, 0.25) is 0 Å². The summed E-state index contributed by atoms with van der Waals surface area (Å²) in [4.78, 5) is 22.3. The zero-order valence-electron chi connectivity index (χ0n) is 10.8. The van der Waals surface area contributed by atoms with E-state index in [1.807, 2.05) is 4.72 Å². The summed E-state index contributed by atoms with van der Waals surface area (Å²) in [5, 5.41) is 7.49. The first-order valence-corrected chi connectivity index (χ1v) is 6.96. The largest absolute Gasteiger partial charge is 0.478 e. The molecule has 0 amide bonds. The fraction of sp³-hybridized carbons (Fsp3) is 0.273. The molecule has 110 valence electrons. The van der Waals surface area contributed by atoms with Gasteiger partial charge >= 0.3 is 11.9 Å². The number of aromatic carboxylic acids is 1. The molecule has 1 rings (SSSR count). The number of sulfonamides is 1. The third kappa shape index (κ3) is 3.38. The number of ether oxygens (including phenoxy) is 1. The smallest absolute Gasteiger partial charge is 0.337 e. The Morgan fingerprint density at radius 3 is 2.50 bits per heavy atom. The molecule has 8 nitrogen and oxygen atoms in total. The van der Waals surface area contributed by atoms with Crippen LogP contribution in [0.25, 0.3) is 0 Å². The molecule has 0 fully saturated rings. The van der Waals surface area contributed by atoms with Gasteiger partial charge in [0, 0.05) is 5.69 Å². The minimum absolute atomic E-state index is 0.179. The summed E-state index contributed by atoms with van der Waals surface area (Å²) < 4.78 is 30.3. The number of carbonyl (C=O) groups excluding carboxylic acids is 1. The summed E-state index contributed by atoms with van der Waals surface area (Å²) in [6.45, 7) is 1.13. The third-order valence-electron chi connectivity index (χ3n) is 2.52. The molecule has 0 heterocycles. The monoisotopic (exact) mass is 302 g/mol. The van der Waals surface area contributed by atoms with Crippen LogP contribution in [0.5, 0.6) is 0 Å². The van der Waals surface area contributed by atoms with E-state index in [4.69, 9.17) is 10.8 Å². The normalized spacial score (nSPS) is 12.5. The van der Waals surface area contributed by atoms with Gasteiger partial charge in [0.1, 0.15) is 0 Å². The van der Waals surface area contributed by atoms with Crippen LogP contribution in [0.3, 0.4) is 0 Å². The molecule has 0 aliphatic heterocycles. The van der Waals surface area contributed by atoms with Gasteiger partial charge in [-0.3, -0.25) is 9.52 Å². The first-order valence-electron chi connectivity index (χ1n) is 5.41. The van der Waals surface area contributed by atoms with Crippen LogP contribution in [0.15, 0.2) is 18.2 Å². The fourth-order valence-corrected chi connectivity index (χ4v) is 2.37. The molecule has 0 bridgehead atoms. The molecule has 0 aromatic heterocycles. The van der Waals surface area contributed by atoms with Crippen molar-refractivity contribution in [2.45, 2.75) is 12.2 Å². The van der Waals surface area contributed by atoms with Crippen molar-refractivity contribution >= 4 is 33.3 Å². The highest BCUT2D eigenvalue weighted by Crippen LogP contribution is 2.21. The molecule has 0 spiro atoms. The first kappa shape index (κ1) is 15.8. The number of esters is 1. The number of carboxylic acids is 1. The van der Waals surface area contributed by atoms with Crippen LogP contribution in [-0.4, -0.2) is 37.8 Å². The van der Waals surface area contributed by atoms with Crippen molar-refractivity contribution in [2.75, 3.05) is 17.6 Å². The van der Waals surface area contributed by atoms with Crippen molar-refractivity contribution in [3.05, 3.63) is 23.8 Å². The molecular formula is C11H14N2O6S. The second-order valence-electron chi connectivity index (χ2n) is 3.92. The average Bonchev–Trinajstić information content (AvgIpc) is 2.36. The van der Waals surface area contributed by atoms with Gasteiger partial charge < -0.3 is 15.6 Å². The van der Waals surface area contributed by atoms with Gasteiger partial charge in [0.2, 0.25) is 10.0 Å². The van der Waals surface area contributed by atoms with Crippen molar-refractivity contribution in [3.8, 4) is 0 Å². The van der Waals surface area contributed by atoms with Crippen molar-refractivity contribution in [1.29, 1.82) is 0 Å². The second kappa shape index (κ2) is 5.78. The fourth-order valence-electron chi connectivity index (χ4n) is 1.37. The van der Waals surface area contributed by atoms with Crippen LogP contribution in [0.4, 0.5) is 11.4 Å². The SMILES string of the molecule is COC(=O)C(C)S(=O)(=O)Nc1cc(N)ccc1C(=O)O. The van der Waals surface area contributed by atoms with Gasteiger partial charge in [0.05, 0.1) is 18.4 Å². The number of nitrogens with two attached hydrogens (primary N) is 1. The number of hydrogen-bond donors (Lipinski definition) is 3. The predicted molar refractivity (Wildman–Crippen MR) is 71.8 cm³/mol. The van der Waals surface area contributed by atoms with Crippen molar-refractivity contribution in [2.24, 2.45) is 0 Å². The highest BCUT2D eigenvalue weighted by molar-refractivity contribution is 7.94. The quantitative estimate of drug-likeness (QED) is 0.524. The van der Waals surface area contributed by atoms with Crippen molar-refractivity contribution < 1.29 is 27.9 Å². The Balaban J connectivity index is 3.18. The molecule has 1 aromatic carbocycles. The molecule has 20 heavy (non-hydrogen) atoms. The first-order chi connectivity index (χ1) is 9.19. The van der Waals surface area contributed by atoms with Gasteiger partial charge in [-0.25, -0.2) is 13.2 Å². The van der Waals surface area contributed by atoms with E-state index in [-0.39, 0.29) is 16.9 Å². The van der Waals surface area contributed by atoms with E-state index < -0.39 is 27.2 Å². The van der Waals surface area contributed by atoms with Crippen LogP contribution in [0.1, 0.15) is 17.3 Å². The summed E-state index contributed by atoms with van der Waals surface area (Å²) in [7, 11) is -3.09. The van der Waals surface area contributed by atoms with Crippen LogP contribution in [-0.2, 0) is 19.6 Å². The Labute approximate surface area is 115 Å². The molecule has 1 unspecified atom stereocenters. The van der Waals surface area contributed by atoms with Crippen LogP contribution < -0.4 is 10.5 Å². The number of methoxy groups -OCH3 is 1. The molecule has 0 aliphatic carbocycles. The maximum absolute atomic E-state index is 11.9. The van der Waals surface area contributed by atoms with E-state index in [0.717, 1.165) is 20.1 Å². The predicted octanol–water partition coefficient (Wildman–Crippen LogP) is 0.270. The van der Waals surface area contributed by atoms with Gasteiger partial charge in [-0.1, -0.05) is 0 Å². The number of carboxylic acid groups (broad SMARTS) is 1. The molecule has 0 aliphatic rings. The van der Waals surface area contributed by atoms with Gasteiger partial charge in [-0.05, 0) is 25.1 Å². The number of rotatable bonds is 5. The van der Waals surface area contributed by atoms with E-state index >= 15 is 0 Å².